The van der Waals surface area contributed by atoms with Crippen molar-refractivity contribution in [3.63, 3.8) is 0 Å². The topological polar surface area (TPSA) is 15.7 Å². The molecule has 3 nitrogen and oxygen atoms in total. The number of rotatable bonds is 8. The molecule has 41 heavy (non-hydrogen) atoms. The summed E-state index contributed by atoms with van der Waals surface area (Å²) in [6.45, 7) is 4.22. The summed E-state index contributed by atoms with van der Waals surface area (Å²) < 4.78 is 6.27. The van der Waals surface area contributed by atoms with Crippen LogP contribution in [0.25, 0.3) is 0 Å². The lowest BCUT2D eigenvalue weighted by Crippen LogP contribution is -2.09. The molecule has 0 aliphatic carbocycles. The Hall–Kier alpha value is -5.28. The Balaban J connectivity index is 1.24. The van der Waals surface area contributed by atoms with Crippen LogP contribution in [0.3, 0.4) is 0 Å². The normalized spacial score (nSPS) is 10.7. The van der Waals surface area contributed by atoms with Crippen molar-refractivity contribution < 1.29 is 4.74 Å². The fraction of sp³-hybridized carbons (Fsp3) is 0.0526. The Kier molecular flexibility index (Phi) is 7.51. The van der Waals surface area contributed by atoms with Gasteiger partial charge in [0.1, 0.15) is 11.5 Å². The predicted molar refractivity (Wildman–Crippen MR) is 172 cm³/mol. The first-order valence-electron chi connectivity index (χ1n) is 13.9. The summed E-state index contributed by atoms with van der Waals surface area (Å²) in [7, 11) is 0. The van der Waals surface area contributed by atoms with Crippen LogP contribution in [0.5, 0.6) is 11.5 Å². The van der Waals surface area contributed by atoms with Gasteiger partial charge in [0.15, 0.2) is 0 Å². The van der Waals surface area contributed by atoms with Gasteiger partial charge in [-0.05, 0) is 111 Å². The summed E-state index contributed by atoms with van der Waals surface area (Å²) in [5.41, 5.74) is 9.06. The molecule has 0 fully saturated rings. The monoisotopic (exact) mass is 532 g/mol. The van der Waals surface area contributed by atoms with Gasteiger partial charge in [-0.3, -0.25) is 0 Å². The van der Waals surface area contributed by atoms with E-state index in [0.29, 0.717) is 0 Å². The van der Waals surface area contributed by atoms with Crippen molar-refractivity contribution in [2.75, 3.05) is 9.80 Å². The maximum atomic E-state index is 6.27. The quantitative estimate of drug-likeness (QED) is 0.194. The number of anilines is 6. The van der Waals surface area contributed by atoms with Crippen LogP contribution in [0, 0.1) is 13.8 Å². The number of nitrogens with zero attached hydrogens (tertiary/aromatic N) is 2. The molecule has 200 valence electrons. The maximum Gasteiger partial charge on any atom is 0.127 e. The van der Waals surface area contributed by atoms with Crippen molar-refractivity contribution >= 4 is 34.1 Å². The first kappa shape index (κ1) is 26.0. The summed E-state index contributed by atoms with van der Waals surface area (Å²) in [5, 5.41) is 0. The van der Waals surface area contributed by atoms with Crippen molar-refractivity contribution in [3.05, 3.63) is 169 Å². The van der Waals surface area contributed by atoms with Gasteiger partial charge >= 0.3 is 0 Å². The molecule has 0 saturated carbocycles. The van der Waals surface area contributed by atoms with Crippen molar-refractivity contribution in [2.45, 2.75) is 13.8 Å². The molecule has 0 heterocycles. The zero-order valence-corrected chi connectivity index (χ0v) is 23.3. The van der Waals surface area contributed by atoms with Crippen LogP contribution in [-0.4, -0.2) is 0 Å². The molecular formula is C38H32N2O. The van der Waals surface area contributed by atoms with Gasteiger partial charge in [0, 0.05) is 34.1 Å². The molecule has 0 spiro atoms. The third-order valence-corrected chi connectivity index (χ3v) is 7.04. The standard InChI is InChI=1S/C38H32N2O/c1-29-13-17-33(18-14-29)39(31-9-5-3-6-10-31)35-21-25-37(26-22-35)41-38-27-23-36(24-28-38)40(32-11-7-4-8-12-32)34-19-15-30(2)16-20-34/h3-28H,1-2H3. The van der Waals surface area contributed by atoms with Crippen LogP contribution in [0.4, 0.5) is 34.1 Å². The molecule has 0 N–H and O–H groups in total. The van der Waals surface area contributed by atoms with Crippen molar-refractivity contribution in [2.24, 2.45) is 0 Å². The van der Waals surface area contributed by atoms with E-state index in [9.17, 15) is 0 Å². The molecule has 0 radical (unpaired) electrons. The van der Waals surface area contributed by atoms with E-state index >= 15 is 0 Å². The van der Waals surface area contributed by atoms with Crippen LogP contribution >= 0.6 is 0 Å². The predicted octanol–water partition coefficient (Wildman–Crippen LogP) is 11.0. The summed E-state index contributed by atoms with van der Waals surface area (Å²) in [6.07, 6.45) is 0. The van der Waals surface area contributed by atoms with E-state index in [2.05, 4.69) is 145 Å². The number of ether oxygens (including phenoxy) is 1. The molecule has 3 heteroatoms. The van der Waals surface area contributed by atoms with Crippen LogP contribution in [0.15, 0.2) is 158 Å². The fourth-order valence-corrected chi connectivity index (χ4v) is 4.90. The molecule has 0 amide bonds. The Bertz CT molecular complexity index is 1550. The fourth-order valence-electron chi connectivity index (χ4n) is 4.90. The van der Waals surface area contributed by atoms with E-state index in [1.807, 2.05) is 36.4 Å². The molecule has 6 aromatic rings. The molecule has 6 aromatic carbocycles. The summed E-state index contributed by atoms with van der Waals surface area (Å²) in [4.78, 5) is 4.50. The lowest BCUT2D eigenvalue weighted by atomic mass is 10.1. The highest BCUT2D eigenvalue weighted by Gasteiger charge is 2.14. The average Bonchev–Trinajstić information content (AvgIpc) is 3.02. The molecule has 0 saturated heterocycles. The minimum absolute atomic E-state index is 0.789. The molecule has 0 aliphatic heterocycles. The van der Waals surface area contributed by atoms with Crippen molar-refractivity contribution in [1.82, 2.24) is 0 Å². The van der Waals surface area contributed by atoms with E-state index in [0.717, 1.165) is 45.6 Å². The highest BCUT2D eigenvalue weighted by molar-refractivity contribution is 5.78. The first-order chi connectivity index (χ1) is 20.1. The Labute approximate surface area is 242 Å². The van der Waals surface area contributed by atoms with Crippen LogP contribution in [0.2, 0.25) is 0 Å². The smallest absolute Gasteiger partial charge is 0.127 e. The molecule has 0 aliphatic rings. The van der Waals surface area contributed by atoms with Gasteiger partial charge in [-0.25, -0.2) is 0 Å². The second-order valence-corrected chi connectivity index (χ2v) is 10.1. The average molecular weight is 533 g/mol. The van der Waals surface area contributed by atoms with E-state index in [1.54, 1.807) is 0 Å². The third kappa shape index (κ3) is 6.00. The van der Waals surface area contributed by atoms with Gasteiger partial charge in [0.2, 0.25) is 0 Å². The summed E-state index contributed by atoms with van der Waals surface area (Å²) in [6, 6.07) is 54.5. The lowest BCUT2D eigenvalue weighted by Gasteiger charge is -2.26. The molecular weight excluding hydrogens is 500 g/mol. The van der Waals surface area contributed by atoms with E-state index in [1.165, 1.54) is 11.1 Å². The molecule has 6 rings (SSSR count). The van der Waals surface area contributed by atoms with Crippen molar-refractivity contribution in [3.8, 4) is 11.5 Å². The minimum Gasteiger partial charge on any atom is -0.457 e. The van der Waals surface area contributed by atoms with E-state index in [-0.39, 0.29) is 0 Å². The molecule has 0 unspecified atom stereocenters. The van der Waals surface area contributed by atoms with Gasteiger partial charge in [0.05, 0.1) is 0 Å². The van der Waals surface area contributed by atoms with Crippen LogP contribution < -0.4 is 14.5 Å². The van der Waals surface area contributed by atoms with Crippen LogP contribution in [-0.2, 0) is 0 Å². The Morgan fingerprint density at radius 1 is 0.317 bits per heavy atom. The second kappa shape index (κ2) is 11.8. The second-order valence-electron chi connectivity index (χ2n) is 10.1. The number of hydrogen-bond acceptors (Lipinski definition) is 3. The Morgan fingerprint density at radius 2 is 0.585 bits per heavy atom. The number of para-hydroxylation sites is 2. The first-order valence-corrected chi connectivity index (χ1v) is 13.9. The number of aryl methyl sites for hydroxylation is 2. The molecule has 0 atom stereocenters. The lowest BCUT2D eigenvalue weighted by molar-refractivity contribution is 0.483. The Morgan fingerprint density at radius 3 is 0.902 bits per heavy atom. The van der Waals surface area contributed by atoms with Crippen LogP contribution in [0.1, 0.15) is 11.1 Å². The summed E-state index contributed by atoms with van der Waals surface area (Å²) >= 11 is 0. The van der Waals surface area contributed by atoms with Gasteiger partial charge in [-0.2, -0.15) is 0 Å². The zero-order valence-electron chi connectivity index (χ0n) is 23.3. The van der Waals surface area contributed by atoms with E-state index < -0.39 is 0 Å². The van der Waals surface area contributed by atoms with Gasteiger partial charge < -0.3 is 14.5 Å². The zero-order chi connectivity index (χ0) is 28.0. The summed E-state index contributed by atoms with van der Waals surface area (Å²) in [5.74, 6) is 1.58. The number of hydrogen-bond donors (Lipinski definition) is 0. The maximum absolute atomic E-state index is 6.27. The van der Waals surface area contributed by atoms with Gasteiger partial charge in [-0.15, -0.1) is 0 Å². The minimum atomic E-state index is 0.789. The SMILES string of the molecule is Cc1ccc(N(c2ccccc2)c2ccc(Oc3ccc(N(c4ccccc4)c4ccc(C)cc4)cc3)cc2)cc1. The van der Waals surface area contributed by atoms with Gasteiger partial charge in [-0.1, -0.05) is 71.8 Å². The van der Waals surface area contributed by atoms with E-state index in [4.69, 9.17) is 4.74 Å². The largest absolute Gasteiger partial charge is 0.457 e. The highest BCUT2D eigenvalue weighted by Crippen LogP contribution is 2.38. The van der Waals surface area contributed by atoms with Crippen molar-refractivity contribution in [1.29, 1.82) is 0 Å². The highest BCUT2D eigenvalue weighted by atomic mass is 16.5. The molecule has 0 aromatic heterocycles. The molecule has 0 bridgehead atoms. The number of benzene rings is 6. The third-order valence-electron chi connectivity index (χ3n) is 7.04. The van der Waals surface area contributed by atoms with Gasteiger partial charge in [0.25, 0.3) is 0 Å².